The molecule has 1 unspecified atom stereocenters. The van der Waals surface area contributed by atoms with Gasteiger partial charge in [-0.3, -0.25) is 24.5 Å². The number of aromatic nitrogens is 2. The quantitative estimate of drug-likeness (QED) is 0.335. The van der Waals surface area contributed by atoms with E-state index in [1.54, 1.807) is 39.1 Å². The summed E-state index contributed by atoms with van der Waals surface area (Å²) in [6, 6.07) is 9.70. The van der Waals surface area contributed by atoms with Crippen molar-refractivity contribution in [2.24, 2.45) is 0 Å². The molecule has 1 aromatic carbocycles. The van der Waals surface area contributed by atoms with Crippen LogP contribution in [0, 0.1) is 24.1 Å². The highest BCUT2D eigenvalue weighted by molar-refractivity contribution is 7.92. The van der Waals surface area contributed by atoms with E-state index in [1.807, 2.05) is 13.0 Å². The Hall–Kier alpha value is -4.32. The van der Waals surface area contributed by atoms with E-state index in [0.717, 1.165) is 33.3 Å². The van der Waals surface area contributed by atoms with Gasteiger partial charge in [0, 0.05) is 37.6 Å². The maximum absolute atomic E-state index is 15.7. The molecule has 1 N–H and O–H groups in total. The van der Waals surface area contributed by atoms with E-state index in [0.29, 0.717) is 18.4 Å². The van der Waals surface area contributed by atoms with Crippen LogP contribution in [0.5, 0.6) is 0 Å². The Bertz CT molecular complexity index is 2100. The van der Waals surface area contributed by atoms with Crippen LogP contribution in [0.2, 0.25) is 10.0 Å². The summed E-state index contributed by atoms with van der Waals surface area (Å²) < 4.78 is 49.8. The number of nitrogens with zero attached hydrogens (tertiary/aromatic N) is 5. The van der Waals surface area contributed by atoms with Gasteiger partial charge in [0.05, 0.1) is 26.3 Å². The number of hydrogen-bond donors (Lipinski definition) is 1. The fraction of sp³-hybridized carbons (Fsp3) is 0.429. The van der Waals surface area contributed by atoms with Crippen molar-refractivity contribution in [1.29, 1.82) is 5.26 Å². The highest BCUT2D eigenvalue weighted by Gasteiger charge is 2.62. The molecule has 268 valence electrons. The third kappa shape index (κ3) is 6.74. The summed E-state index contributed by atoms with van der Waals surface area (Å²) in [4.78, 5) is 52.5. The molecule has 1 aliphatic carbocycles. The lowest BCUT2D eigenvalue weighted by molar-refractivity contribution is -0.158. The molecule has 51 heavy (non-hydrogen) atoms. The maximum Gasteiger partial charge on any atom is 0.411 e. The number of nitrogens with one attached hydrogen (secondary N) is 1. The number of carbonyl (C=O) groups excluding carboxylic acids is 3. The Morgan fingerprint density at radius 3 is 2.35 bits per heavy atom. The lowest BCUT2D eigenvalue weighted by atomic mass is 9.79. The largest absolute Gasteiger partial charge is 0.444 e. The summed E-state index contributed by atoms with van der Waals surface area (Å²) in [6.45, 7) is 6.19. The van der Waals surface area contributed by atoms with Gasteiger partial charge >= 0.3 is 6.09 Å². The van der Waals surface area contributed by atoms with E-state index in [9.17, 15) is 28.1 Å². The molecule has 0 spiro atoms. The van der Waals surface area contributed by atoms with Crippen molar-refractivity contribution < 1.29 is 31.9 Å². The van der Waals surface area contributed by atoms with Crippen LogP contribution in [0.3, 0.4) is 0 Å². The highest BCUT2D eigenvalue weighted by atomic mass is 35.5. The van der Waals surface area contributed by atoms with Gasteiger partial charge in [0.1, 0.15) is 28.7 Å². The maximum atomic E-state index is 15.7. The van der Waals surface area contributed by atoms with Crippen LogP contribution in [0.25, 0.3) is 11.1 Å². The molecule has 0 radical (unpaired) electrons. The average molecular weight is 758 g/mol. The first kappa shape index (κ1) is 36.5. The topological polar surface area (TPSA) is 163 Å². The van der Waals surface area contributed by atoms with Crippen LogP contribution in [0.4, 0.5) is 9.18 Å². The van der Waals surface area contributed by atoms with Crippen LogP contribution in [0.15, 0.2) is 53.7 Å². The lowest BCUT2D eigenvalue weighted by Crippen LogP contribution is -2.69. The molecular formula is C35H35Cl2FN6O6S. The molecule has 2 aromatic heterocycles. The number of ether oxygens (including phenoxy) is 1. The van der Waals surface area contributed by atoms with E-state index in [-0.39, 0.29) is 34.3 Å². The fourth-order valence-electron chi connectivity index (χ4n) is 6.56. The second-order valence-corrected chi connectivity index (χ2v) is 17.2. The number of sulfone groups is 1. The number of hydrogen-bond acceptors (Lipinski definition) is 9. The van der Waals surface area contributed by atoms with E-state index >= 15 is 4.39 Å². The molecule has 3 aliphatic rings. The molecule has 4 heterocycles. The first-order valence-electron chi connectivity index (χ1n) is 16.2. The fourth-order valence-corrected chi connectivity index (χ4v) is 8.95. The normalized spacial score (nSPS) is 22.5. The predicted octanol–water partition coefficient (Wildman–Crippen LogP) is 5.35. The van der Waals surface area contributed by atoms with E-state index in [1.165, 1.54) is 12.1 Å². The third-order valence-electron chi connectivity index (χ3n) is 9.39. The molecule has 3 aromatic rings. The Balaban J connectivity index is 1.40. The number of amides is 3. The zero-order valence-electron chi connectivity index (χ0n) is 28.2. The Morgan fingerprint density at radius 1 is 1.08 bits per heavy atom. The minimum atomic E-state index is -4.31. The number of aryl methyl sites for hydroxylation is 1. The number of likely N-dealkylation sites (tertiary alicyclic amines) is 2. The van der Waals surface area contributed by atoms with Gasteiger partial charge in [0.25, 0.3) is 5.91 Å². The predicted molar refractivity (Wildman–Crippen MR) is 185 cm³/mol. The molecule has 1 saturated carbocycles. The highest BCUT2D eigenvalue weighted by Crippen LogP contribution is 2.46. The van der Waals surface area contributed by atoms with Crippen LogP contribution >= 0.6 is 23.2 Å². The summed E-state index contributed by atoms with van der Waals surface area (Å²) in [5, 5.41) is 10.9. The van der Waals surface area contributed by atoms with Crippen LogP contribution in [-0.4, -0.2) is 81.6 Å². The number of nitriles is 1. The van der Waals surface area contributed by atoms with Gasteiger partial charge < -0.3 is 15.0 Å². The van der Waals surface area contributed by atoms with Gasteiger partial charge in [-0.15, -0.1) is 0 Å². The lowest BCUT2D eigenvalue weighted by Gasteiger charge is -2.52. The van der Waals surface area contributed by atoms with Gasteiger partial charge in [-0.1, -0.05) is 29.3 Å². The zero-order chi connectivity index (χ0) is 37.1. The summed E-state index contributed by atoms with van der Waals surface area (Å²) in [5.74, 6) is -2.66. The summed E-state index contributed by atoms with van der Waals surface area (Å²) >= 11 is 12.6. The van der Waals surface area contributed by atoms with Crippen molar-refractivity contribution in [3.63, 3.8) is 0 Å². The summed E-state index contributed by atoms with van der Waals surface area (Å²) in [7, 11) is -4.31. The number of benzene rings is 1. The van der Waals surface area contributed by atoms with Crippen molar-refractivity contribution in [3.8, 4) is 17.2 Å². The standard InChI is InChI=1S/C35H35Cl2FN6O6S/c1-20-13-22(7-11-40-20)21-5-6-28(25(37)14-21)51(48,49)24-16-27(30(45)42-34(19-39)8-9-34)43(18-24)31(46)35(29-26(38)15-23(36)17-41-29)10-12-44(35)32(47)50-33(2,3)4/h5-7,11,13-15,17,24,27H,8-10,12,16,18H2,1-4H3,(H,42,45)/t24-,27+,35?/m1/s1. The SMILES string of the molecule is Cc1cc(-c2ccc(S(=O)(=O)[C@@H]3C[C@@H](C(=O)NC4(C#N)CC4)N(C(=O)C4(c5ncc(Cl)cc5F)CCN4C(=O)OC(C)(C)C)C3)c(Cl)c2)ccn1. The van der Waals surface area contributed by atoms with Crippen molar-refractivity contribution in [2.45, 2.75) is 86.2 Å². The number of halogens is 3. The minimum Gasteiger partial charge on any atom is -0.444 e. The van der Waals surface area contributed by atoms with Crippen LogP contribution < -0.4 is 5.32 Å². The number of pyridine rings is 2. The summed E-state index contributed by atoms with van der Waals surface area (Å²) in [5.41, 5.74) is -2.46. The van der Waals surface area contributed by atoms with Gasteiger partial charge in [0.15, 0.2) is 15.4 Å². The average Bonchev–Trinajstić information content (AvgIpc) is 3.64. The monoisotopic (exact) mass is 756 g/mol. The molecule has 2 aliphatic heterocycles. The molecule has 0 bridgehead atoms. The third-order valence-corrected chi connectivity index (χ3v) is 12.2. The second-order valence-electron chi connectivity index (χ2n) is 14.1. The zero-order valence-corrected chi connectivity index (χ0v) is 30.6. The Labute approximate surface area is 304 Å². The molecule has 16 heteroatoms. The van der Waals surface area contributed by atoms with Crippen molar-refractivity contribution >= 4 is 50.9 Å². The smallest absolute Gasteiger partial charge is 0.411 e. The van der Waals surface area contributed by atoms with Crippen molar-refractivity contribution in [1.82, 2.24) is 25.1 Å². The first-order chi connectivity index (χ1) is 23.9. The van der Waals surface area contributed by atoms with Gasteiger partial charge in [-0.05, 0) is 88.4 Å². The van der Waals surface area contributed by atoms with Crippen LogP contribution in [0.1, 0.15) is 57.8 Å². The molecular weight excluding hydrogens is 722 g/mol. The second kappa shape index (κ2) is 13.0. The Kier molecular flexibility index (Phi) is 9.31. The van der Waals surface area contributed by atoms with Gasteiger partial charge in [-0.2, -0.15) is 5.26 Å². The first-order valence-corrected chi connectivity index (χ1v) is 18.5. The summed E-state index contributed by atoms with van der Waals surface area (Å²) in [6.07, 6.45) is 2.12. The minimum absolute atomic E-state index is 0.0205. The van der Waals surface area contributed by atoms with Crippen LogP contribution in [-0.2, 0) is 29.7 Å². The van der Waals surface area contributed by atoms with E-state index in [2.05, 4.69) is 21.4 Å². The van der Waals surface area contributed by atoms with Crippen molar-refractivity contribution in [3.05, 3.63) is 76.0 Å². The molecule has 3 fully saturated rings. The van der Waals surface area contributed by atoms with Gasteiger partial charge in [0.2, 0.25) is 5.91 Å². The van der Waals surface area contributed by atoms with E-state index in [4.69, 9.17) is 27.9 Å². The molecule has 12 nitrogen and oxygen atoms in total. The van der Waals surface area contributed by atoms with Crippen molar-refractivity contribution in [2.75, 3.05) is 13.1 Å². The number of carbonyl (C=O) groups is 3. The molecule has 3 amide bonds. The number of rotatable bonds is 7. The molecule has 3 atom stereocenters. The molecule has 6 rings (SSSR count). The Morgan fingerprint density at radius 2 is 1.78 bits per heavy atom. The van der Waals surface area contributed by atoms with Gasteiger partial charge in [-0.25, -0.2) is 17.6 Å². The molecule has 2 saturated heterocycles. The van der Waals surface area contributed by atoms with E-state index < -0.39 is 73.8 Å².